The summed E-state index contributed by atoms with van der Waals surface area (Å²) >= 11 is 0. The van der Waals surface area contributed by atoms with Gasteiger partial charge in [-0.1, -0.05) is 140 Å². The zero-order valence-corrected chi connectivity index (χ0v) is 31.8. The summed E-state index contributed by atoms with van der Waals surface area (Å²) < 4.78 is 5.09. The molecule has 0 bridgehead atoms. The largest absolute Gasteiger partial charge is 0.312 e. The highest BCUT2D eigenvalue weighted by Gasteiger charge is 2.41. The van der Waals surface area contributed by atoms with Crippen molar-refractivity contribution in [1.29, 1.82) is 0 Å². The first-order chi connectivity index (χ1) is 28.3. The molecular formula is C54H41N3. The first-order valence-corrected chi connectivity index (χ1v) is 20.5. The van der Waals surface area contributed by atoms with Gasteiger partial charge in [0.25, 0.3) is 0 Å². The molecule has 12 rings (SSSR count). The maximum absolute atomic E-state index is 2.67. The van der Waals surface area contributed by atoms with Crippen LogP contribution in [0.4, 0.5) is 5.69 Å². The van der Waals surface area contributed by atoms with Gasteiger partial charge in [-0.15, -0.1) is 0 Å². The van der Waals surface area contributed by atoms with Crippen LogP contribution in [0, 0.1) is 0 Å². The number of fused-ring (bicyclic) bond motifs is 9. The van der Waals surface area contributed by atoms with Crippen LogP contribution in [-0.2, 0) is 0 Å². The molecule has 3 nitrogen and oxygen atoms in total. The third kappa shape index (κ3) is 4.79. The van der Waals surface area contributed by atoms with Crippen LogP contribution >= 0.6 is 0 Å². The second-order valence-electron chi connectivity index (χ2n) is 15.8. The molecule has 1 atom stereocenters. The molecule has 57 heavy (non-hydrogen) atoms. The topological polar surface area (TPSA) is 13.1 Å². The normalized spacial score (nSPS) is 17.7. The Morgan fingerprint density at radius 1 is 0.491 bits per heavy atom. The Labute approximate surface area is 332 Å². The predicted molar refractivity (Wildman–Crippen MR) is 239 cm³/mol. The fraction of sp³-hybridized carbons (Fsp3) is 0.111. The smallest absolute Gasteiger partial charge is 0.0782 e. The summed E-state index contributed by atoms with van der Waals surface area (Å²) in [5, 5.41) is 5.08. The van der Waals surface area contributed by atoms with Gasteiger partial charge in [0.1, 0.15) is 0 Å². The molecule has 1 unspecified atom stereocenters. The Balaban J connectivity index is 1.16. The maximum atomic E-state index is 2.67. The van der Waals surface area contributed by atoms with E-state index < -0.39 is 0 Å². The highest BCUT2D eigenvalue weighted by atomic mass is 15.2. The first-order valence-electron chi connectivity index (χ1n) is 20.5. The van der Waals surface area contributed by atoms with Gasteiger partial charge >= 0.3 is 0 Å². The van der Waals surface area contributed by atoms with E-state index in [-0.39, 0.29) is 5.92 Å². The summed E-state index contributed by atoms with van der Waals surface area (Å²) in [5.41, 5.74) is 18.3. The molecule has 3 heteroatoms. The number of nitrogens with zero attached hydrogens (tertiary/aromatic N) is 3. The molecule has 3 aliphatic carbocycles. The maximum Gasteiger partial charge on any atom is 0.0782 e. The van der Waals surface area contributed by atoms with Crippen molar-refractivity contribution in [3.8, 4) is 11.4 Å². The summed E-state index contributed by atoms with van der Waals surface area (Å²) in [5.74, 6) is 0.214. The molecular weight excluding hydrogens is 691 g/mol. The lowest BCUT2D eigenvalue weighted by Gasteiger charge is -2.34. The van der Waals surface area contributed by atoms with Crippen molar-refractivity contribution < 1.29 is 0 Å². The van der Waals surface area contributed by atoms with E-state index in [1.807, 2.05) is 0 Å². The summed E-state index contributed by atoms with van der Waals surface area (Å²) in [6, 6.07) is 51.8. The van der Waals surface area contributed by atoms with Gasteiger partial charge in [-0.3, -0.25) is 0 Å². The van der Waals surface area contributed by atoms with E-state index in [4.69, 9.17) is 0 Å². The lowest BCUT2D eigenvalue weighted by molar-refractivity contribution is 0.801. The predicted octanol–water partition coefficient (Wildman–Crippen LogP) is 14.0. The third-order valence-corrected chi connectivity index (χ3v) is 12.8. The fourth-order valence-electron chi connectivity index (χ4n) is 10.4. The molecule has 272 valence electrons. The van der Waals surface area contributed by atoms with Gasteiger partial charge in [0.15, 0.2) is 0 Å². The van der Waals surface area contributed by atoms with Crippen LogP contribution in [0.5, 0.6) is 0 Å². The summed E-state index contributed by atoms with van der Waals surface area (Å²) in [6.45, 7) is 0. The van der Waals surface area contributed by atoms with Crippen molar-refractivity contribution in [2.45, 2.75) is 38.0 Å². The lowest BCUT2D eigenvalue weighted by atomic mass is 9.84. The van der Waals surface area contributed by atoms with Crippen molar-refractivity contribution in [3.63, 3.8) is 0 Å². The zero-order chi connectivity index (χ0) is 37.5. The molecule has 6 aromatic carbocycles. The van der Waals surface area contributed by atoms with E-state index in [9.17, 15) is 0 Å². The van der Waals surface area contributed by atoms with E-state index in [0.717, 1.165) is 32.1 Å². The number of allylic oxidation sites excluding steroid dienone is 11. The molecule has 0 spiro atoms. The Bertz CT molecular complexity index is 3100. The molecule has 0 N–H and O–H groups in total. The molecule has 4 aliphatic rings. The van der Waals surface area contributed by atoms with Gasteiger partial charge < -0.3 is 14.0 Å². The molecule has 0 fully saturated rings. The van der Waals surface area contributed by atoms with Crippen molar-refractivity contribution in [1.82, 2.24) is 9.13 Å². The SMILES string of the molecule is C1=CCCC(C2=C(N3C4=CC=CCC4c4c3cccc4-n3c4ccccc4c4cccc(-n5c6ccccc6c6ccccc65)c43)C(c3ccccc3)=CCC2)=C1. The minimum Gasteiger partial charge on any atom is -0.312 e. The van der Waals surface area contributed by atoms with Crippen molar-refractivity contribution in [2.75, 3.05) is 4.90 Å². The number of para-hydroxylation sites is 4. The summed E-state index contributed by atoms with van der Waals surface area (Å²) in [7, 11) is 0. The molecule has 3 heterocycles. The van der Waals surface area contributed by atoms with E-state index in [1.54, 1.807) is 0 Å². The number of hydrogen-bond acceptors (Lipinski definition) is 1. The van der Waals surface area contributed by atoms with Gasteiger partial charge in [-0.2, -0.15) is 0 Å². The van der Waals surface area contributed by atoms with E-state index in [2.05, 4.69) is 196 Å². The van der Waals surface area contributed by atoms with Crippen molar-refractivity contribution >= 4 is 54.9 Å². The Morgan fingerprint density at radius 3 is 1.88 bits per heavy atom. The van der Waals surface area contributed by atoms with Crippen LogP contribution in [0.15, 0.2) is 205 Å². The number of aromatic nitrogens is 2. The van der Waals surface area contributed by atoms with Crippen molar-refractivity contribution in [2.24, 2.45) is 0 Å². The lowest BCUT2D eigenvalue weighted by Crippen LogP contribution is -2.24. The van der Waals surface area contributed by atoms with E-state index in [0.29, 0.717) is 0 Å². The van der Waals surface area contributed by atoms with Crippen LogP contribution in [0.2, 0.25) is 0 Å². The molecule has 8 aromatic rings. The quantitative estimate of drug-likeness (QED) is 0.172. The van der Waals surface area contributed by atoms with Crippen molar-refractivity contribution in [3.05, 3.63) is 216 Å². The first kappa shape index (κ1) is 32.4. The van der Waals surface area contributed by atoms with Crippen LogP contribution < -0.4 is 4.90 Å². The molecule has 0 amide bonds. The van der Waals surface area contributed by atoms with Gasteiger partial charge in [-0.05, 0) is 91.3 Å². The highest BCUT2D eigenvalue weighted by molar-refractivity contribution is 6.15. The van der Waals surface area contributed by atoms with Crippen LogP contribution in [0.3, 0.4) is 0 Å². The standard InChI is InChI=1S/C54H41N3/c1-3-18-36(19-4-1)38-26-15-27-39(37-20-5-2-6-21-37)53(38)56-48-32-14-10-25-44(48)52-49(56)33-17-34-50(52)57-47-31-13-9-24-42(47)43-28-16-35-51(54(43)57)55-45-29-11-7-22-40(45)41-23-8-12-30-46(41)55/h1-5,7-14,16-20,22-24,26,28-35,44H,6,15,21,25,27H2. The van der Waals surface area contributed by atoms with Gasteiger partial charge in [0.2, 0.25) is 0 Å². The number of anilines is 1. The van der Waals surface area contributed by atoms with E-state index >= 15 is 0 Å². The Morgan fingerprint density at radius 2 is 1.12 bits per heavy atom. The fourth-order valence-corrected chi connectivity index (χ4v) is 10.4. The second-order valence-corrected chi connectivity index (χ2v) is 15.8. The monoisotopic (exact) mass is 731 g/mol. The van der Waals surface area contributed by atoms with Crippen LogP contribution in [0.1, 0.15) is 49.1 Å². The summed E-state index contributed by atoms with van der Waals surface area (Å²) in [4.78, 5) is 2.67. The highest BCUT2D eigenvalue weighted by Crippen LogP contribution is 2.55. The van der Waals surface area contributed by atoms with Gasteiger partial charge in [0.05, 0.1) is 44.8 Å². The number of rotatable bonds is 5. The molecule has 2 aromatic heterocycles. The van der Waals surface area contributed by atoms with Gasteiger partial charge in [-0.25, -0.2) is 0 Å². The Kier molecular flexibility index (Phi) is 7.31. The van der Waals surface area contributed by atoms with Crippen LogP contribution in [0.25, 0.3) is 60.6 Å². The average Bonchev–Trinajstić information content (AvgIpc) is 3.93. The number of benzene rings is 6. The molecule has 1 aliphatic heterocycles. The second kappa shape index (κ2) is 12.9. The summed E-state index contributed by atoms with van der Waals surface area (Å²) in [6.07, 6.45) is 21.7. The minimum atomic E-state index is 0.214. The minimum absolute atomic E-state index is 0.214. The van der Waals surface area contributed by atoms with Crippen LogP contribution in [-0.4, -0.2) is 9.13 Å². The Hall–Kier alpha value is -6.84. The molecule has 0 saturated carbocycles. The molecule has 0 radical (unpaired) electrons. The average molecular weight is 732 g/mol. The third-order valence-electron chi connectivity index (χ3n) is 12.8. The van der Waals surface area contributed by atoms with Gasteiger partial charge in [0, 0.05) is 44.3 Å². The van der Waals surface area contributed by atoms with E-state index in [1.165, 1.54) is 99.9 Å². The molecule has 0 saturated heterocycles. The zero-order valence-electron chi connectivity index (χ0n) is 31.8. The number of hydrogen-bond donors (Lipinski definition) is 0.